The maximum Gasteiger partial charge on any atom is 3.00 e. The summed E-state index contributed by atoms with van der Waals surface area (Å²) in [6.07, 6.45) is 0. The van der Waals surface area contributed by atoms with Gasteiger partial charge in [-0.25, -0.2) is 0 Å². The molecule has 0 aliphatic heterocycles. The molecule has 0 heterocycles. The maximum atomic E-state index is 8.63. The summed E-state index contributed by atoms with van der Waals surface area (Å²) in [6, 6.07) is 8.71. The molecular formula is C6H6Al2O13S3. The van der Waals surface area contributed by atoms with E-state index < -0.39 is 31.2 Å². The first-order valence-electron chi connectivity index (χ1n) is 4.13. The van der Waals surface area contributed by atoms with Crippen LogP contribution in [0.2, 0.25) is 0 Å². The number of rotatable bonds is 0. The van der Waals surface area contributed by atoms with Gasteiger partial charge in [0.1, 0.15) is 5.75 Å². The molecule has 18 heteroatoms. The van der Waals surface area contributed by atoms with Crippen molar-refractivity contribution in [2.45, 2.75) is 0 Å². The summed E-state index contributed by atoms with van der Waals surface area (Å²) in [5.41, 5.74) is 0. The van der Waals surface area contributed by atoms with Gasteiger partial charge < -0.3 is 32.4 Å². The molecule has 0 bridgehead atoms. The van der Waals surface area contributed by atoms with Gasteiger partial charge in [0.25, 0.3) is 0 Å². The minimum absolute atomic E-state index is 0. The number of benzene rings is 1. The van der Waals surface area contributed by atoms with Crippen LogP contribution in [0.3, 0.4) is 0 Å². The van der Waals surface area contributed by atoms with E-state index >= 15 is 0 Å². The van der Waals surface area contributed by atoms with E-state index in [4.69, 9.17) is 57.7 Å². The molecule has 0 saturated carbocycles. The minimum Gasteiger partial charge on any atom is -0.759 e. The van der Waals surface area contributed by atoms with Crippen LogP contribution in [0, 0.1) is 0 Å². The molecule has 1 aromatic carbocycles. The number of hydrogen-bond acceptors (Lipinski definition) is 13. The second-order valence-electron chi connectivity index (χ2n) is 2.56. The summed E-state index contributed by atoms with van der Waals surface area (Å²) >= 11 is 0. The quantitative estimate of drug-likeness (QED) is 0.236. The van der Waals surface area contributed by atoms with Gasteiger partial charge in [-0.05, 0) is 12.1 Å². The number of phenols is 1. The van der Waals surface area contributed by atoms with Crippen molar-refractivity contribution < 1.29 is 57.7 Å². The zero-order chi connectivity index (χ0) is 18.6. The Balaban J connectivity index is -0.0000000661. The molecule has 0 atom stereocenters. The third kappa shape index (κ3) is 157. The van der Waals surface area contributed by atoms with Gasteiger partial charge in [-0.1, -0.05) is 18.2 Å². The van der Waals surface area contributed by atoms with Gasteiger partial charge >= 0.3 is 34.7 Å². The van der Waals surface area contributed by atoms with Crippen molar-refractivity contribution in [2.24, 2.45) is 0 Å². The SMILES string of the molecule is O=S(=O)([O-])[O-].O=S(=O)([O-])[O-].O=S(=O)([O-])[O-].Oc1ccccc1.[Al+3].[Al+3]. The zero-order valence-electron chi connectivity index (χ0n) is 11.1. The minimum atomic E-state index is -5.17. The van der Waals surface area contributed by atoms with E-state index in [2.05, 4.69) is 0 Å². The third-order valence-corrected chi connectivity index (χ3v) is 0.756. The molecule has 0 saturated heterocycles. The average molecular weight is 436 g/mol. The van der Waals surface area contributed by atoms with E-state index in [1.807, 2.05) is 6.07 Å². The predicted octanol–water partition coefficient (Wildman–Crippen LogP) is -3.38. The summed E-state index contributed by atoms with van der Waals surface area (Å²) in [4.78, 5) is 0. The van der Waals surface area contributed by atoms with E-state index in [-0.39, 0.29) is 34.7 Å². The molecule has 0 aromatic heterocycles. The smallest absolute Gasteiger partial charge is 0.759 e. The van der Waals surface area contributed by atoms with E-state index in [9.17, 15) is 0 Å². The van der Waals surface area contributed by atoms with E-state index in [1.165, 1.54) is 0 Å². The molecular weight excluding hydrogens is 430 g/mol. The first-order valence-corrected chi connectivity index (χ1v) is 8.13. The Bertz CT molecular complexity index is 602. The number of hydrogen-bond donors (Lipinski definition) is 1. The van der Waals surface area contributed by atoms with Crippen LogP contribution in [0.25, 0.3) is 0 Å². The summed E-state index contributed by atoms with van der Waals surface area (Å²) in [6.45, 7) is 0. The van der Waals surface area contributed by atoms with Crippen LogP contribution < -0.4 is 0 Å². The molecule has 132 valence electrons. The van der Waals surface area contributed by atoms with Crippen LogP contribution in [-0.4, -0.2) is 92.4 Å². The van der Waals surface area contributed by atoms with Gasteiger partial charge in [-0.3, -0.25) is 25.3 Å². The Morgan fingerprint density at radius 2 is 0.750 bits per heavy atom. The van der Waals surface area contributed by atoms with Gasteiger partial charge in [-0.2, -0.15) is 0 Å². The van der Waals surface area contributed by atoms with E-state index in [0.29, 0.717) is 5.75 Å². The van der Waals surface area contributed by atoms with Crippen LogP contribution in [0.4, 0.5) is 0 Å². The van der Waals surface area contributed by atoms with Crippen molar-refractivity contribution in [3.05, 3.63) is 30.3 Å². The second-order valence-corrected chi connectivity index (χ2v) is 5.01. The van der Waals surface area contributed by atoms with E-state index in [1.54, 1.807) is 24.3 Å². The molecule has 0 aliphatic carbocycles. The fourth-order valence-electron chi connectivity index (χ4n) is 0.428. The molecule has 0 amide bonds. The second kappa shape index (κ2) is 16.2. The van der Waals surface area contributed by atoms with Gasteiger partial charge in [-0.15, -0.1) is 0 Å². The van der Waals surface area contributed by atoms with Crippen molar-refractivity contribution in [1.29, 1.82) is 0 Å². The summed E-state index contributed by atoms with van der Waals surface area (Å²) < 4.78 is 102. The number of phenolic OH excluding ortho intramolecular Hbond substituents is 1. The van der Waals surface area contributed by atoms with Crippen molar-refractivity contribution in [2.75, 3.05) is 0 Å². The fraction of sp³-hybridized carbons (Fsp3) is 0. The largest absolute Gasteiger partial charge is 3.00 e. The van der Waals surface area contributed by atoms with Crippen LogP contribution in [0.15, 0.2) is 30.3 Å². The zero-order valence-corrected chi connectivity index (χ0v) is 15.9. The van der Waals surface area contributed by atoms with Gasteiger partial charge in [0.2, 0.25) is 0 Å². The summed E-state index contributed by atoms with van der Waals surface area (Å²) in [7, 11) is -15.5. The molecule has 0 aliphatic rings. The molecule has 1 aromatic rings. The Morgan fingerprint density at radius 1 is 0.583 bits per heavy atom. The average Bonchev–Trinajstić information content (AvgIpc) is 2.09. The molecule has 0 fully saturated rings. The van der Waals surface area contributed by atoms with E-state index in [0.717, 1.165) is 0 Å². The Labute approximate surface area is 159 Å². The summed E-state index contributed by atoms with van der Waals surface area (Å²) in [5, 5.41) is 8.63. The first kappa shape index (κ1) is 34.9. The van der Waals surface area contributed by atoms with Crippen LogP contribution >= 0.6 is 0 Å². The molecule has 13 nitrogen and oxygen atoms in total. The topological polar surface area (TPSA) is 261 Å². The standard InChI is InChI=1S/C6H6O.2Al.3H2O4S/c7-6-4-2-1-3-5-6;;;3*1-5(2,3)4/h1-5,7H;;;3*(H2,1,2,3,4)/q;2*+3;;;/p-6. The Kier molecular flexibility index (Phi) is 23.5. The molecule has 0 spiro atoms. The normalized spacial score (nSPS) is 9.75. The van der Waals surface area contributed by atoms with Gasteiger partial charge in [0, 0.05) is 31.2 Å². The van der Waals surface area contributed by atoms with Crippen molar-refractivity contribution in [3.8, 4) is 5.75 Å². The van der Waals surface area contributed by atoms with Crippen molar-refractivity contribution in [3.63, 3.8) is 0 Å². The molecule has 1 N–H and O–H groups in total. The number of aromatic hydroxyl groups is 1. The maximum absolute atomic E-state index is 8.63. The third-order valence-electron chi connectivity index (χ3n) is 0.756. The molecule has 0 radical (unpaired) electrons. The molecule has 1 rings (SSSR count). The van der Waals surface area contributed by atoms with Crippen LogP contribution in [0.5, 0.6) is 5.75 Å². The van der Waals surface area contributed by atoms with Crippen molar-refractivity contribution >= 4 is 65.9 Å². The molecule has 24 heavy (non-hydrogen) atoms. The Morgan fingerprint density at radius 3 is 0.833 bits per heavy atom. The van der Waals surface area contributed by atoms with Gasteiger partial charge in [0.05, 0.1) is 0 Å². The Hall–Kier alpha value is -0.305. The molecule has 0 unspecified atom stereocenters. The summed E-state index contributed by atoms with van der Waals surface area (Å²) in [5.74, 6) is 0.322. The van der Waals surface area contributed by atoms with Crippen molar-refractivity contribution in [1.82, 2.24) is 0 Å². The fourth-order valence-corrected chi connectivity index (χ4v) is 0.428. The first-order chi connectivity index (χ1) is 9.39. The van der Waals surface area contributed by atoms with Crippen LogP contribution in [0.1, 0.15) is 0 Å². The predicted molar refractivity (Wildman–Crippen MR) is 71.0 cm³/mol. The number of para-hydroxylation sites is 1. The monoisotopic (exact) mass is 436 g/mol. The van der Waals surface area contributed by atoms with Gasteiger partial charge in [0.15, 0.2) is 0 Å². The van der Waals surface area contributed by atoms with Crippen LogP contribution in [-0.2, 0) is 31.2 Å².